The Labute approximate surface area is 155 Å². The van der Waals surface area contributed by atoms with E-state index in [0.717, 1.165) is 37.6 Å². The zero-order valence-corrected chi connectivity index (χ0v) is 15.8. The van der Waals surface area contributed by atoms with E-state index >= 15 is 0 Å². The van der Waals surface area contributed by atoms with Gasteiger partial charge in [0.1, 0.15) is 12.1 Å². The highest BCUT2D eigenvalue weighted by atomic mass is 32.1. The lowest BCUT2D eigenvalue weighted by Gasteiger charge is -2.21. The van der Waals surface area contributed by atoms with Gasteiger partial charge in [-0.15, -0.1) is 11.3 Å². The maximum Gasteiger partial charge on any atom is 0.162 e. The summed E-state index contributed by atoms with van der Waals surface area (Å²) in [7, 11) is 5.24. The number of hydrogen-bond acceptors (Lipinski definition) is 7. The number of thiazole rings is 1. The Morgan fingerprint density at radius 3 is 2.50 bits per heavy atom. The van der Waals surface area contributed by atoms with Gasteiger partial charge in [0.2, 0.25) is 0 Å². The fourth-order valence-corrected chi connectivity index (χ4v) is 3.99. The summed E-state index contributed by atoms with van der Waals surface area (Å²) in [6.07, 6.45) is 1.59. The van der Waals surface area contributed by atoms with Crippen LogP contribution in [0, 0.1) is 6.92 Å². The summed E-state index contributed by atoms with van der Waals surface area (Å²) in [6, 6.07) is 9.80. The van der Waals surface area contributed by atoms with Gasteiger partial charge in [0.25, 0.3) is 0 Å². The van der Waals surface area contributed by atoms with Crippen molar-refractivity contribution in [3.05, 3.63) is 41.7 Å². The first-order valence-corrected chi connectivity index (χ1v) is 8.90. The van der Waals surface area contributed by atoms with Crippen molar-refractivity contribution >= 4 is 44.0 Å². The maximum atomic E-state index is 5.43. The fourth-order valence-electron chi connectivity index (χ4n) is 3.04. The second-order valence-corrected chi connectivity index (χ2v) is 7.04. The molecule has 132 valence electrons. The lowest BCUT2D eigenvalue weighted by Crippen LogP contribution is -2.12. The SMILES string of the molecule is COc1ccc(N(C)c2ncnc3ccc4nc(C)sc4c23)cc1OC. The van der Waals surface area contributed by atoms with Crippen LogP contribution in [0.15, 0.2) is 36.7 Å². The summed E-state index contributed by atoms with van der Waals surface area (Å²) < 4.78 is 11.9. The van der Waals surface area contributed by atoms with E-state index in [9.17, 15) is 0 Å². The predicted octanol–water partition coefficient (Wildman–Crippen LogP) is 4.33. The van der Waals surface area contributed by atoms with E-state index in [4.69, 9.17) is 9.47 Å². The third kappa shape index (κ3) is 2.61. The molecule has 0 aliphatic heterocycles. The molecule has 0 atom stereocenters. The number of methoxy groups -OCH3 is 2. The van der Waals surface area contributed by atoms with E-state index in [1.807, 2.05) is 49.2 Å². The first-order chi connectivity index (χ1) is 12.6. The van der Waals surface area contributed by atoms with Gasteiger partial charge >= 0.3 is 0 Å². The monoisotopic (exact) mass is 366 g/mol. The van der Waals surface area contributed by atoms with Crippen LogP contribution in [0.5, 0.6) is 11.5 Å². The molecule has 0 fully saturated rings. The molecule has 2 heterocycles. The molecule has 7 heteroatoms. The molecule has 2 aromatic heterocycles. The number of aromatic nitrogens is 3. The molecule has 2 aromatic carbocycles. The molecule has 0 unspecified atom stereocenters. The quantitative estimate of drug-likeness (QED) is 0.536. The Morgan fingerprint density at radius 2 is 1.73 bits per heavy atom. The number of nitrogens with zero attached hydrogens (tertiary/aromatic N) is 4. The normalized spacial score (nSPS) is 11.1. The number of fused-ring (bicyclic) bond motifs is 3. The van der Waals surface area contributed by atoms with Crippen molar-refractivity contribution < 1.29 is 9.47 Å². The van der Waals surface area contributed by atoms with Crippen LogP contribution in [-0.4, -0.2) is 36.2 Å². The lowest BCUT2D eigenvalue weighted by atomic mass is 10.2. The van der Waals surface area contributed by atoms with Crippen molar-refractivity contribution in [1.82, 2.24) is 15.0 Å². The predicted molar refractivity (Wildman–Crippen MR) is 105 cm³/mol. The van der Waals surface area contributed by atoms with Crippen LogP contribution in [0.25, 0.3) is 21.1 Å². The largest absolute Gasteiger partial charge is 0.493 e. The van der Waals surface area contributed by atoms with Crippen LogP contribution < -0.4 is 14.4 Å². The molecule has 0 radical (unpaired) electrons. The van der Waals surface area contributed by atoms with E-state index < -0.39 is 0 Å². The van der Waals surface area contributed by atoms with Crippen LogP contribution >= 0.6 is 11.3 Å². The van der Waals surface area contributed by atoms with Crippen LogP contribution in [0.2, 0.25) is 0 Å². The molecule has 0 saturated carbocycles. The second kappa shape index (κ2) is 6.42. The molecule has 0 aliphatic carbocycles. The van der Waals surface area contributed by atoms with Crippen LogP contribution in [0.3, 0.4) is 0 Å². The zero-order valence-electron chi connectivity index (χ0n) is 15.0. The molecular formula is C19H18N4O2S. The smallest absolute Gasteiger partial charge is 0.162 e. The highest BCUT2D eigenvalue weighted by molar-refractivity contribution is 7.19. The van der Waals surface area contributed by atoms with Gasteiger partial charge in [0.05, 0.1) is 40.3 Å². The minimum Gasteiger partial charge on any atom is -0.493 e. The first-order valence-electron chi connectivity index (χ1n) is 8.09. The molecule has 0 amide bonds. The van der Waals surface area contributed by atoms with Crippen molar-refractivity contribution in [2.45, 2.75) is 6.92 Å². The zero-order chi connectivity index (χ0) is 18.3. The number of aryl methyl sites for hydroxylation is 1. The topological polar surface area (TPSA) is 60.4 Å². The molecule has 6 nitrogen and oxygen atoms in total. The molecule has 4 rings (SSSR count). The second-order valence-electron chi connectivity index (χ2n) is 5.84. The van der Waals surface area contributed by atoms with Crippen molar-refractivity contribution in [3.63, 3.8) is 0 Å². The van der Waals surface area contributed by atoms with E-state index in [0.29, 0.717) is 11.5 Å². The van der Waals surface area contributed by atoms with Gasteiger partial charge < -0.3 is 14.4 Å². The average Bonchev–Trinajstić information content (AvgIpc) is 3.06. The maximum absolute atomic E-state index is 5.43. The molecule has 0 saturated heterocycles. The molecule has 0 aliphatic rings. The van der Waals surface area contributed by atoms with Crippen molar-refractivity contribution in [3.8, 4) is 11.5 Å². The third-order valence-electron chi connectivity index (χ3n) is 4.32. The molecule has 4 aromatic rings. The third-order valence-corrected chi connectivity index (χ3v) is 5.32. The van der Waals surface area contributed by atoms with Crippen molar-refractivity contribution in [2.75, 3.05) is 26.2 Å². The minimum atomic E-state index is 0.675. The summed E-state index contributed by atoms with van der Waals surface area (Å²) in [5, 5.41) is 2.03. The van der Waals surface area contributed by atoms with Crippen LogP contribution in [0.4, 0.5) is 11.5 Å². The Morgan fingerprint density at radius 1 is 0.962 bits per heavy atom. The number of anilines is 2. The summed E-state index contributed by atoms with van der Waals surface area (Å²) in [6.45, 7) is 2.01. The van der Waals surface area contributed by atoms with Gasteiger partial charge in [-0.2, -0.15) is 0 Å². The van der Waals surface area contributed by atoms with Crippen molar-refractivity contribution in [1.29, 1.82) is 0 Å². The highest BCUT2D eigenvalue weighted by Gasteiger charge is 2.16. The average molecular weight is 366 g/mol. The number of hydrogen-bond donors (Lipinski definition) is 0. The molecule has 0 bridgehead atoms. The number of ether oxygens (including phenoxy) is 2. The molecule has 26 heavy (non-hydrogen) atoms. The number of rotatable bonds is 4. The lowest BCUT2D eigenvalue weighted by molar-refractivity contribution is 0.355. The van der Waals surface area contributed by atoms with Gasteiger partial charge in [-0.1, -0.05) is 0 Å². The van der Waals surface area contributed by atoms with Gasteiger partial charge in [-0.05, 0) is 31.2 Å². The van der Waals surface area contributed by atoms with Crippen LogP contribution in [-0.2, 0) is 0 Å². The Balaban J connectivity index is 1.92. The summed E-state index contributed by atoms with van der Waals surface area (Å²) in [4.78, 5) is 15.6. The fraction of sp³-hybridized carbons (Fsp3) is 0.211. The van der Waals surface area contributed by atoms with Gasteiger partial charge in [-0.3, -0.25) is 0 Å². The van der Waals surface area contributed by atoms with Gasteiger partial charge in [-0.25, -0.2) is 15.0 Å². The van der Waals surface area contributed by atoms with Crippen LogP contribution in [0.1, 0.15) is 5.01 Å². The van der Waals surface area contributed by atoms with E-state index in [1.165, 1.54) is 0 Å². The van der Waals surface area contributed by atoms with E-state index in [1.54, 1.807) is 31.9 Å². The Bertz CT molecular complexity index is 1110. The first kappa shape index (κ1) is 16.5. The Hall–Kier alpha value is -2.93. The highest BCUT2D eigenvalue weighted by Crippen LogP contribution is 2.38. The molecule has 0 spiro atoms. The summed E-state index contributed by atoms with van der Waals surface area (Å²) in [5.41, 5.74) is 2.82. The minimum absolute atomic E-state index is 0.675. The van der Waals surface area contributed by atoms with E-state index in [-0.39, 0.29) is 0 Å². The summed E-state index contributed by atoms with van der Waals surface area (Å²) >= 11 is 1.66. The van der Waals surface area contributed by atoms with Gasteiger partial charge in [0.15, 0.2) is 11.5 Å². The summed E-state index contributed by atoms with van der Waals surface area (Å²) in [5.74, 6) is 2.20. The molecule has 0 N–H and O–H groups in total. The number of benzene rings is 2. The van der Waals surface area contributed by atoms with Gasteiger partial charge in [0, 0.05) is 18.8 Å². The standard InChI is InChI=1S/C19H18N4O2S/c1-11-22-14-7-6-13-17(18(14)26-11)19(21-10-20-13)23(2)12-5-8-15(24-3)16(9-12)25-4/h5-10H,1-4H3. The van der Waals surface area contributed by atoms with Crippen molar-refractivity contribution in [2.24, 2.45) is 0 Å². The molecular weight excluding hydrogens is 348 g/mol. The van der Waals surface area contributed by atoms with E-state index in [2.05, 4.69) is 15.0 Å². The Kier molecular flexibility index (Phi) is 4.08.